The molecule has 1 N–H and O–H groups in total. The second-order valence-corrected chi connectivity index (χ2v) is 7.40. The second kappa shape index (κ2) is 8.31. The molecule has 1 heterocycles. The van der Waals surface area contributed by atoms with E-state index in [2.05, 4.69) is 4.99 Å². The van der Waals surface area contributed by atoms with Crippen molar-refractivity contribution in [3.05, 3.63) is 64.6 Å². The van der Waals surface area contributed by atoms with Crippen molar-refractivity contribution in [2.24, 2.45) is 4.99 Å². The number of benzene rings is 2. The van der Waals surface area contributed by atoms with Gasteiger partial charge in [-0.25, -0.2) is 9.79 Å². The van der Waals surface area contributed by atoms with Crippen LogP contribution in [0.25, 0.3) is 6.08 Å². The van der Waals surface area contributed by atoms with E-state index in [1.54, 1.807) is 17.0 Å². The predicted molar refractivity (Wildman–Crippen MR) is 114 cm³/mol. The molecule has 1 aliphatic heterocycles. The highest BCUT2D eigenvalue weighted by Crippen LogP contribution is 2.34. The maximum Gasteiger partial charge on any atom is 0.335 e. The third-order valence-electron chi connectivity index (χ3n) is 4.23. The third kappa shape index (κ3) is 4.26. The van der Waals surface area contributed by atoms with Crippen molar-refractivity contribution in [2.45, 2.75) is 6.92 Å². The fourth-order valence-electron chi connectivity index (χ4n) is 2.71. The summed E-state index contributed by atoms with van der Waals surface area (Å²) in [7, 11) is 3.95. The summed E-state index contributed by atoms with van der Waals surface area (Å²) in [6.07, 6.45) is 1.85. The van der Waals surface area contributed by atoms with Crippen molar-refractivity contribution >= 4 is 46.3 Å². The number of carboxylic acids is 1. The SMILES string of the molecule is CCN1C(=O)C(=Cc2ccc(N(C)C)cc2)SC1=Nc1cccc(C(=O)O)c1. The van der Waals surface area contributed by atoms with Crippen molar-refractivity contribution in [2.75, 3.05) is 25.5 Å². The van der Waals surface area contributed by atoms with Gasteiger partial charge in [-0.3, -0.25) is 9.69 Å². The van der Waals surface area contributed by atoms with E-state index in [9.17, 15) is 9.59 Å². The molecule has 0 saturated carbocycles. The number of amides is 1. The molecule has 1 amide bonds. The topological polar surface area (TPSA) is 73.2 Å². The van der Waals surface area contributed by atoms with Crippen LogP contribution in [0, 0.1) is 0 Å². The van der Waals surface area contributed by atoms with Crippen LogP contribution in [-0.4, -0.2) is 47.7 Å². The molecule has 0 radical (unpaired) electrons. The summed E-state index contributed by atoms with van der Waals surface area (Å²) < 4.78 is 0. The summed E-state index contributed by atoms with van der Waals surface area (Å²) in [6, 6.07) is 14.3. The molecule has 0 aliphatic carbocycles. The highest BCUT2D eigenvalue weighted by molar-refractivity contribution is 8.18. The van der Waals surface area contributed by atoms with Gasteiger partial charge >= 0.3 is 5.97 Å². The smallest absolute Gasteiger partial charge is 0.335 e. The molecule has 0 spiro atoms. The zero-order valence-electron chi connectivity index (χ0n) is 15.9. The molecule has 144 valence electrons. The van der Waals surface area contributed by atoms with Crippen LogP contribution < -0.4 is 4.90 Å². The van der Waals surface area contributed by atoms with E-state index in [1.165, 1.54) is 23.9 Å². The number of aromatic carboxylic acids is 1. The molecule has 7 heteroatoms. The number of rotatable bonds is 5. The van der Waals surface area contributed by atoms with Gasteiger partial charge in [-0.2, -0.15) is 0 Å². The van der Waals surface area contributed by atoms with Gasteiger partial charge in [-0.15, -0.1) is 0 Å². The first-order chi connectivity index (χ1) is 13.4. The standard InChI is InChI=1S/C21H21N3O3S/c1-4-24-19(25)18(12-14-8-10-17(11-9-14)23(2)3)28-21(24)22-16-7-5-6-15(13-16)20(26)27/h5-13H,4H2,1-3H3,(H,26,27). The van der Waals surface area contributed by atoms with Gasteiger partial charge in [-0.1, -0.05) is 18.2 Å². The van der Waals surface area contributed by atoms with E-state index in [1.807, 2.05) is 56.3 Å². The van der Waals surface area contributed by atoms with Gasteiger partial charge in [0, 0.05) is 26.3 Å². The Bertz CT molecular complexity index is 965. The van der Waals surface area contributed by atoms with Crippen LogP contribution in [0.5, 0.6) is 0 Å². The lowest BCUT2D eigenvalue weighted by Crippen LogP contribution is -2.28. The first-order valence-electron chi connectivity index (χ1n) is 8.80. The Morgan fingerprint density at radius 2 is 1.93 bits per heavy atom. The van der Waals surface area contributed by atoms with Gasteiger partial charge in [0.05, 0.1) is 16.2 Å². The number of anilines is 1. The Labute approximate surface area is 168 Å². The number of likely N-dealkylation sites (N-methyl/N-ethyl adjacent to an activating group) is 1. The molecule has 28 heavy (non-hydrogen) atoms. The van der Waals surface area contributed by atoms with Crippen LogP contribution in [0.4, 0.5) is 11.4 Å². The van der Waals surface area contributed by atoms with Crippen LogP contribution in [0.2, 0.25) is 0 Å². The first-order valence-corrected chi connectivity index (χ1v) is 9.61. The van der Waals surface area contributed by atoms with Crippen molar-refractivity contribution in [3.63, 3.8) is 0 Å². The fraction of sp³-hybridized carbons (Fsp3) is 0.190. The predicted octanol–water partition coefficient (Wildman–Crippen LogP) is 4.07. The first kappa shape index (κ1) is 19.7. The number of hydrogen-bond acceptors (Lipinski definition) is 5. The largest absolute Gasteiger partial charge is 0.478 e. The van der Waals surface area contributed by atoms with E-state index >= 15 is 0 Å². The highest BCUT2D eigenvalue weighted by Gasteiger charge is 2.32. The summed E-state index contributed by atoms with van der Waals surface area (Å²) >= 11 is 1.30. The van der Waals surface area contributed by atoms with Crippen LogP contribution in [0.15, 0.2) is 58.4 Å². The molecule has 0 bridgehead atoms. The van der Waals surface area contributed by atoms with E-state index in [0.717, 1.165) is 11.3 Å². The summed E-state index contributed by atoms with van der Waals surface area (Å²) in [5, 5.41) is 9.69. The number of aliphatic imine (C=N–C) groups is 1. The quantitative estimate of drug-likeness (QED) is 0.773. The van der Waals surface area contributed by atoms with Crippen molar-refractivity contribution in [1.29, 1.82) is 0 Å². The number of amidine groups is 1. The summed E-state index contributed by atoms with van der Waals surface area (Å²) in [5.74, 6) is -1.11. The zero-order valence-corrected chi connectivity index (χ0v) is 16.7. The van der Waals surface area contributed by atoms with Crippen LogP contribution in [0.1, 0.15) is 22.8 Å². The average Bonchev–Trinajstić information content (AvgIpc) is 2.96. The lowest BCUT2D eigenvalue weighted by molar-refractivity contribution is -0.122. The Balaban J connectivity index is 1.90. The molecule has 0 aromatic heterocycles. The van der Waals surface area contributed by atoms with Crippen molar-refractivity contribution in [3.8, 4) is 0 Å². The van der Waals surface area contributed by atoms with E-state index in [-0.39, 0.29) is 11.5 Å². The Morgan fingerprint density at radius 1 is 1.21 bits per heavy atom. The maximum atomic E-state index is 12.7. The minimum atomic E-state index is -1.01. The monoisotopic (exact) mass is 395 g/mol. The lowest BCUT2D eigenvalue weighted by Gasteiger charge is -2.12. The molecule has 0 atom stereocenters. The minimum Gasteiger partial charge on any atom is -0.478 e. The van der Waals surface area contributed by atoms with Crippen LogP contribution in [-0.2, 0) is 4.79 Å². The minimum absolute atomic E-state index is 0.0997. The molecule has 1 fully saturated rings. The molecule has 2 aromatic rings. The summed E-state index contributed by atoms with van der Waals surface area (Å²) in [4.78, 5) is 32.6. The summed E-state index contributed by atoms with van der Waals surface area (Å²) in [6.45, 7) is 2.37. The third-order valence-corrected chi connectivity index (χ3v) is 5.24. The fourth-order valence-corrected chi connectivity index (χ4v) is 3.77. The number of nitrogens with zero attached hydrogens (tertiary/aromatic N) is 3. The molecular formula is C21H21N3O3S. The highest BCUT2D eigenvalue weighted by atomic mass is 32.2. The number of hydrogen-bond donors (Lipinski definition) is 1. The van der Waals surface area contributed by atoms with Gasteiger partial charge in [0.25, 0.3) is 5.91 Å². The lowest BCUT2D eigenvalue weighted by atomic mass is 10.2. The van der Waals surface area contributed by atoms with E-state index in [4.69, 9.17) is 5.11 Å². The van der Waals surface area contributed by atoms with Gasteiger partial charge in [0.15, 0.2) is 5.17 Å². The normalized spacial score (nSPS) is 16.8. The maximum absolute atomic E-state index is 12.7. The van der Waals surface area contributed by atoms with Crippen molar-refractivity contribution < 1.29 is 14.7 Å². The van der Waals surface area contributed by atoms with Gasteiger partial charge in [-0.05, 0) is 60.7 Å². The average molecular weight is 395 g/mol. The molecule has 0 unspecified atom stereocenters. The molecule has 2 aromatic carbocycles. The molecule has 1 aliphatic rings. The van der Waals surface area contributed by atoms with Gasteiger partial charge in [0.2, 0.25) is 0 Å². The zero-order chi connectivity index (χ0) is 20.3. The Hall–Kier alpha value is -3.06. The molecule has 1 saturated heterocycles. The number of carbonyl (C=O) groups excluding carboxylic acids is 1. The molecular weight excluding hydrogens is 374 g/mol. The van der Waals surface area contributed by atoms with Gasteiger partial charge in [0.1, 0.15) is 0 Å². The number of carbonyl (C=O) groups is 2. The molecule has 6 nitrogen and oxygen atoms in total. The van der Waals surface area contributed by atoms with Crippen molar-refractivity contribution in [1.82, 2.24) is 4.90 Å². The number of carboxylic acid groups (broad SMARTS) is 1. The Morgan fingerprint density at radius 3 is 2.54 bits per heavy atom. The Kier molecular flexibility index (Phi) is 5.84. The van der Waals surface area contributed by atoms with Crippen LogP contribution >= 0.6 is 11.8 Å². The molecule has 3 rings (SSSR count). The summed E-state index contributed by atoms with van der Waals surface area (Å²) in [5.41, 5.74) is 2.69. The number of thioether (sulfide) groups is 1. The van der Waals surface area contributed by atoms with Crippen LogP contribution in [0.3, 0.4) is 0 Å². The van der Waals surface area contributed by atoms with Gasteiger partial charge < -0.3 is 10.0 Å². The van der Waals surface area contributed by atoms with E-state index < -0.39 is 5.97 Å². The second-order valence-electron chi connectivity index (χ2n) is 6.40. The van der Waals surface area contributed by atoms with E-state index in [0.29, 0.717) is 22.3 Å².